The molecule has 3 heteroatoms. The van der Waals surface area contributed by atoms with E-state index in [2.05, 4.69) is 19.2 Å². The van der Waals surface area contributed by atoms with Crippen LogP contribution < -0.4 is 10.1 Å². The third-order valence-electron chi connectivity index (χ3n) is 2.69. The number of halogens is 1. The number of hydrogen-bond donors (Lipinski definition) is 1. The quantitative estimate of drug-likeness (QED) is 0.873. The van der Waals surface area contributed by atoms with Crippen molar-refractivity contribution < 1.29 is 4.74 Å². The van der Waals surface area contributed by atoms with Crippen LogP contribution in [0.2, 0.25) is 5.02 Å². The van der Waals surface area contributed by atoms with Gasteiger partial charge in [-0.1, -0.05) is 25.4 Å². The Hall–Kier alpha value is -0.730. The zero-order valence-corrected chi connectivity index (χ0v) is 10.6. The fraction of sp³-hybridized carbons (Fsp3) is 0.538. The van der Waals surface area contributed by atoms with Gasteiger partial charge in [0.15, 0.2) is 0 Å². The van der Waals surface area contributed by atoms with E-state index in [9.17, 15) is 0 Å². The van der Waals surface area contributed by atoms with Crippen molar-refractivity contribution in [3.05, 3.63) is 28.8 Å². The van der Waals surface area contributed by atoms with Crippen LogP contribution in [0, 0.1) is 5.92 Å². The van der Waals surface area contributed by atoms with E-state index in [1.54, 1.807) is 0 Å². The molecule has 1 aromatic rings. The van der Waals surface area contributed by atoms with Crippen molar-refractivity contribution in [2.24, 2.45) is 5.92 Å². The lowest BCUT2D eigenvalue weighted by Gasteiger charge is -2.13. The number of rotatable bonds is 4. The molecule has 1 aliphatic rings. The molecule has 0 spiro atoms. The molecule has 0 aromatic heterocycles. The lowest BCUT2D eigenvalue weighted by atomic mass is 10.1. The molecule has 1 atom stereocenters. The van der Waals surface area contributed by atoms with Gasteiger partial charge in [-0.2, -0.15) is 0 Å². The fourth-order valence-electron chi connectivity index (χ4n) is 1.94. The zero-order valence-electron chi connectivity index (χ0n) is 9.79. The Morgan fingerprint density at radius 2 is 2.31 bits per heavy atom. The highest BCUT2D eigenvalue weighted by molar-refractivity contribution is 6.30. The van der Waals surface area contributed by atoms with Crippen molar-refractivity contribution in [2.75, 3.05) is 13.1 Å². The molecule has 88 valence electrons. The Morgan fingerprint density at radius 3 is 3.06 bits per heavy atom. The molecule has 1 unspecified atom stereocenters. The molecule has 1 aliphatic heterocycles. The summed E-state index contributed by atoms with van der Waals surface area (Å²) < 4.78 is 5.82. The Morgan fingerprint density at radius 1 is 1.50 bits per heavy atom. The number of hydrogen-bond acceptors (Lipinski definition) is 2. The summed E-state index contributed by atoms with van der Waals surface area (Å²) in [6.45, 7) is 6.36. The molecule has 2 nitrogen and oxygen atoms in total. The number of nitrogens with one attached hydrogen (secondary N) is 1. The molecule has 1 aromatic carbocycles. The summed E-state index contributed by atoms with van der Waals surface area (Å²) in [4.78, 5) is 0. The van der Waals surface area contributed by atoms with Crippen molar-refractivity contribution in [1.82, 2.24) is 5.32 Å². The minimum atomic E-state index is 0.257. The summed E-state index contributed by atoms with van der Waals surface area (Å²) in [5, 5.41) is 4.21. The molecule has 0 aliphatic carbocycles. The van der Waals surface area contributed by atoms with Crippen molar-refractivity contribution in [3.8, 4) is 5.75 Å². The number of fused-ring (bicyclic) bond motifs is 1. The highest BCUT2D eigenvalue weighted by Crippen LogP contribution is 2.30. The molecule has 0 fully saturated rings. The highest BCUT2D eigenvalue weighted by Gasteiger charge is 2.22. The van der Waals surface area contributed by atoms with E-state index in [0.717, 1.165) is 30.3 Å². The standard InChI is InChI=1S/C13H18ClNO/c1-9(2)7-15-8-12-6-10-5-11(14)3-4-13(10)16-12/h3-5,9,12,15H,6-8H2,1-2H3. The van der Waals surface area contributed by atoms with Gasteiger partial charge in [0.05, 0.1) is 0 Å². The van der Waals surface area contributed by atoms with Gasteiger partial charge in [-0.25, -0.2) is 0 Å². The first-order valence-electron chi connectivity index (χ1n) is 5.81. The molecule has 0 amide bonds. The van der Waals surface area contributed by atoms with Gasteiger partial charge in [-0.05, 0) is 36.2 Å². The normalized spacial score (nSPS) is 18.6. The van der Waals surface area contributed by atoms with Crippen LogP contribution in [-0.4, -0.2) is 19.2 Å². The second-order valence-electron chi connectivity index (χ2n) is 4.75. The van der Waals surface area contributed by atoms with E-state index >= 15 is 0 Å². The molecule has 0 bridgehead atoms. The van der Waals surface area contributed by atoms with Crippen molar-refractivity contribution >= 4 is 11.6 Å². The summed E-state index contributed by atoms with van der Waals surface area (Å²) in [6.07, 6.45) is 1.22. The lowest BCUT2D eigenvalue weighted by molar-refractivity contribution is 0.226. The molecule has 0 radical (unpaired) electrons. The third-order valence-corrected chi connectivity index (χ3v) is 2.92. The maximum absolute atomic E-state index is 5.95. The van der Waals surface area contributed by atoms with E-state index in [1.807, 2.05) is 18.2 Å². The van der Waals surface area contributed by atoms with Crippen LogP contribution in [0.15, 0.2) is 18.2 Å². The van der Waals surface area contributed by atoms with Crippen LogP contribution in [0.4, 0.5) is 0 Å². The van der Waals surface area contributed by atoms with Gasteiger partial charge in [-0.3, -0.25) is 0 Å². The van der Waals surface area contributed by atoms with Crippen LogP contribution in [0.5, 0.6) is 5.75 Å². The first-order valence-corrected chi connectivity index (χ1v) is 6.18. The molecule has 16 heavy (non-hydrogen) atoms. The summed E-state index contributed by atoms with van der Waals surface area (Å²) in [5.74, 6) is 1.67. The van der Waals surface area contributed by atoms with E-state index in [-0.39, 0.29) is 6.10 Å². The van der Waals surface area contributed by atoms with Gasteiger partial charge in [0.2, 0.25) is 0 Å². The first kappa shape index (κ1) is 11.7. The Balaban J connectivity index is 1.86. The molecule has 2 rings (SSSR count). The van der Waals surface area contributed by atoms with E-state index < -0.39 is 0 Å². The maximum atomic E-state index is 5.95. The lowest BCUT2D eigenvalue weighted by Crippen LogP contribution is -2.32. The predicted octanol–water partition coefficient (Wildman–Crippen LogP) is 2.89. The minimum absolute atomic E-state index is 0.257. The number of benzene rings is 1. The summed E-state index contributed by atoms with van der Waals surface area (Å²) in [7, 11) is 0. The second kappa shape index (κ2) is 5.07. The van der Waals surface area contributed by atoms with Crippen molar-refractivity contribution in [2.45, 2.75) is 26.4 Å². The van der Waals surface area contributed by atoms with Crippen molar-refractivity contribution in [1.29, 1.82) is 0 Å². The molecule has 0 saturated heterocycles. The Labute approximate surface area is 102 Å². The summed E-state index contributed by atoms with van der Waals surface area (Å²) in [5.41, 5.74) is 1.23. The Bertz CT molecular complexity index is 365. The van der Waals surface area contributed by atoms with Crippen LogP contribution in [-0.2, 0) is 6.42 Å². The third kappa shape index (κ3) is 2.89. The van der Waals surface area contributed by atoms with Crippen LogP contribution >= 0.6 is 11.6 Å². The van der Waals surface area contributed by atoms with Gasteiger partial charge in [-0.15, -0.1) is 0 Å². The van der Waals surface area contributed by atoms with Crippen LogP contribution in [0.3, 0.4) is 0 Å². The zero-order chi connectivity index (χ0) is 11.5. The van der Waals surface area contributed by atoms with Gasteiger partial charge in [0.1, 0.15) is 11.9 Å². The average Bonchev–Trinajstić information content (AvgIpc) is 2.58. The van der Waals surface area contributed by atoms with E-state index in [4.69, 9.17) is 16.3 Å². The summed E-state index contributed by atoms with van der Waals surface area (Å²) >= 11 is 5.95. The predicted molar refractivity (Wildman–Crippen MR) is 67.3 cm³/mol. The van der Waals surface area contributed by atoms with E-state index in [1.165, 1.54) is 5.56 Å². The van der Waals surface area contributed by atoms with E-state index in [0.29, 0.717) is 5.92 Å². The molecular formula is C13H18ClNO. The molecule has 0 saturated carbocycles. The highest BCUT2D eigenvalue weighted by atomic mass is 35.5. The molecule has 1 N–H and O–H groups in total. The molecular weight excluding hydrogens is 222 g/mol. The molecule has 1 heterocycles. The SMILES string of the molecule is CC(C)CNCC1Cc2cc(Cl)ccc2O1. The number of ether oxygens (including phenoxy) is 1. The van der Waals surface area contributed by atoms with Crippen molar-refractivity contribution in [3.63, 3.8) is 0 Å². The largest absolute Gasteiger partial charge is 0.488 e. The first-order chi connectivity index (χ1) is 7.65. The average molecular weight is 240 g/mol. The minimum Gasteiger partial charge on any atom is -0.488 e. The van der Waals surface area contributed by atoms with Crippen LogP contribution in [0.25, 0.3) is 0 Å². The van der Waals surface area contributed by atoms with Crippen LogP contribution in [0.1, 0.15) is 19.4 Å². The topological polar surface area (TPSA) is 21.3 Å². The van der Waals surface area contributed by atoms with Gasteiger partial charge >= 0.3 is 0 Å². The fourth-order valence-corrected chi connectivity index (χ4v) is 2.13. The van der Waals surface area contributed by atoms with Gasteiger partial charge in [0.25, 0.3) is 0 Å². The second-order valence-corrected chi connectivity index (χ2v) is 5.18. The van der Waals surface area contributed by atoms with Gasteiger partial charge in [0, 0.05) is 18.0 Å². The summed E-state index contributed by atoms with van der Waals surface area (Å²) in [6, 6.07) is 5.84. The monoisotopic (exact) mass is 239 g/mol. The Kier molecular flexibility index (Phi) is 3.72. The smallest absolute Gasteiger partial charge is 0.123 e. The van der Waals surface area contributed by atoms with Gasteiger partial charge < -0.3 is 10.1 Å². The maximum Gasteiger partial charge on any atom is 0.123 e.